The minimum atomic E-state index is -3.35. The lowest BCUT2D eigenvalue weighted by molar-refractivity contribution is -0.144. The summed E-state index contributed by atoms with van der Waals surface area (Å²) in [6.07, 6.45) is 2.95. The largest absolute Gasteiger partial charge is 0.479 e. The number of sulfone groups is 1. The maximum absolute atomic E-state index is 13.4. The highest BCUT2D eigenvalue weighted by molar-refractivity contribution is 8.10. The molecule has 1 atom stereocenters. The molecule has 1 N–H and O–H groups in total. The Kier molecular flexibility index (Phi) is 7.00. The Hall–Kier alpha value is -2.00. The third-order valence-electron chi connectivity index (χ3n) is 5.03. The summed E-state index contributed by atoms with van der Waals surface area (Å²) in [4.78, 5) is 26.5. The molecule has 1 aliphatic heterocycles. The van der Waals surface area contributed by atoms with Crippen LogP contribution in [0.15, 0.2) is 53.4 Å². The van der Waals surface area contributed by atoms with Crippen LogP contribution >= 0.6 is 35.0 Å². The molecule has 6 nitrogen and oxygen atoms in total. The maximum atomic E-state index is 13.4. The molecular formula is C22H21Cl2NO5S2. The van der Waals surface area contributed by atoms with Gasteiger partial charge in [-0.1, -0.05) is 53.2 Å². The molecule has 1 heterocycles. The third-order valence-corrected chi connectivity index (χ3v) is 8.20. The number of halogens is 2. The van der Waals surface area contributed by atoms with Gasteiger partial charge in [-0.2, -0.15) is 0 Å². The van der Waals surface area contributed by atoms with Crippen molar-refractivity contribution in [2.45, 2.75) is 36.1 Å². The number of carbonyl (C=O) groups excluding carboxylic acids is 1. The molecule has 0 saturated heterocycles. The minimum absolute atomic E-state index is 0.0747. The van der Waals surface area contributed by atoms with Crippen LogP contribution in [0.25, 0.3) is 4.91 Å². The third kappa shape index (κ3) is 4.69. The van der Waals surface area contributed by atoms with Crippen molar-refractivity contribution in [2.24, 2.45) is 0 Å². The smallest absolute Gasteiger partial charge is 0.341 e. The van der Waals surface area contributed by atoms with Crippen LogP contribution in [-0.2, 0) is 14.6 Å². The molecule has 1 unspecified atom stereocenters. The molecule has 0 spiro atoms. The molecule has 10 heteroatoms. The lowest BCUT2D eigenvalue weighted by Crippen LogP contribution is -2.56. The van der Waals surface area contributed by atoms with Crippen molar-refractivity contribution in [3.8, 4) is 0 Å². The van der Waals surface area contributed by atoms with Gasteiger partial charge in [0.1, 0.15) is 0 Å². The molecule has 0 aliphatic carbocycles. The van der Waals surface area contributed by atoms with E-state index in [-0.39, 0.29) is 21.9 Å². The summed E-state index contributed by atoms with van der Waals surface area (Å²) in [6.45, 7) is 3.48. The Morgan fingerprint density at radius 1 is 1.12 bits per heavy atom. The summed E-state index contributed by atoms with van der Waals surface area (Å²) >= 11 is 13.2. The molecule has 1 amide bonds. The molecule has 0 saturated carbocycles. The van der Waals surface area contributed by atoms with Gasteiger partial charge in [-0.3, -0.25) is 4.79 Å². The summed E-state index contributed by atoms with van der Waals surface area (Å²) in [5, 5.41) is 10.7. The Labute approximate surface area is 201 Å². The van der Waals surface area contributed by atoms with Crippen molar-refractivity contribution in [1.82, 2.24) is 4.90 Å². The van der Waals surface area contributed by atoms with Crippen molar-refractivity contribution in [3.63, 3.8) is 0 Å². The fraction of sp³-hybridized carbons (Fsp3) is 0.273. The molecule has 0 radical (unpaired) electrons. The number of thioether (sulfide) groups is 1. The van der Waals surface area contributed by atoms with E-state index < -0.39 is 32.6 Å². The summed E-state index contributed by atoms with van der Waals surface area (Å²) in [7, 11) is -3.35. The van der Waals surface area contributed by atoms with Crippen LogP contribution in [0.4, 0.5) is 0 Å². The molecule has 1 aliphatic rings. The summed E-state index contributed by atoms with van der Waals surface area (Å²) in [5.41, 5.74) is 0.836. The first-order valence-electron chi connectivity index (χ1n) is 9.58. The molecule has 0 aromatic heterocycles. The lowest BCUT2D eigenvalue weighted by Gasteiger charge is -2.40. The molecule has 2 aromatic carbocycles. The van der Waals surface area contributed by atoms with E-state index in [9.17, 15) is 23.1 Å². The van der Waals surface area contributed by atoms with Gasteiger partial charge >= 0.3 is 5.97 Å². The molecule has 0 bridgehead atoms. The predicted molar refractivity (Wildman–Crippen MR) is 128 cm³/mol. The maximum Gasteiger partial charge on any atom is 0.341 e. The Bertz CT molecular complexity index is 1210. The van der Waals surface area contributed by atoms with Crippen molar-refractivity contribution in [3.05, 3.63) is 69.7 Å². The number of benzene rings is 2. The van der Waals surface area contributed by atoms with Crippen LogP contribution in [0.5, 0.6) is 0 Å². The molecule has 2 aromatic rings. The Morgan fingerprint density at radius 3 is 2.25 bits per heavy atom. The molecular weight excluding hydrogens is 493 g/mol. The van der Waals surface area contributed by atoms with Crippen molar-refractivity contribution >= 4 is 61.6 Å². The summed E-state index contributed by atoms with van der Waals surface area (Å²) in [5.74, 6) is -1.67. The zero-order valence-corrected chi connectivity index (χ0v) is 20.6. The quantitative estimate of drug-likeness (QED) is 0.570. The van der Waals surface area contributed by atoms with E-state index in [0.29, 0.717) is 15.5 Å². The normalized spacial score (nSPS) is 18.5. The van der Waals surface area contributed by atoms with Crippen LogP contribution in [0.3, 0.4) is 0 Å². The highest BCUT2D eigenvalue weighted by Crippen LogP contribution is 2.50. The lowest BCUT2D eigenvalue weighted by atomic mass is 10.1. The number of rotatable bonds is 6. The van der Waals surface area contributed by atoms with E-state index in [1.165, 1.54) is 35.2 Å². The minimum Gasteiger partial charge on any atom is -0.479 e. The second-order valence-electron chi connectivity index (χ2n) is 7.65. The van der Waals surface area contributed by atoms with Gasteiger partial charge in [0.25, 0.3) is 5.91 Å². The van der Waals surface area contributed by atoms with E-state index in [1.807, 2.05) is 0 Å². The summed E-state index contributed by atoms with van der Waals surface area (Å²) in [6, 6.07) is 10.2. The van der Waals surface area contributed by atoms with E-state index >= 15 is 0 Å². The van der Waals surface area contributed by atoms with E-state index in [1.54, 1.807) is 32.1 Å². The van der Waals surface area contributed by atoms with Crippen LogP contribution < -0.4 is 0 Å². The van der Waals surface area contributed by atoms with Crippen molar-refractivity contribution in [2.75, 3.05) is 6.26 Å². The number of nitrogens with zero attached hydrogens (tertiary/aromatic N) is 1. The number of carboxylic acids is 1. The molecule has 3 rings (SSSR count). The first-order chi connectivity index (χ1) is 14.9. The van der Waals surface area contributed by atoms with Crippen LogP contribution in [0.1, 0.15) is 36.2 Å². The first kappa shape index (κ1) is 24.6. The number of hydrogen-bond donors (Lipinski definition) is 1. The second kappa shape index (κ2) is 9.09. The van der Waals surface area contributed by atoms with Gasteiger partial charge in [0, 0.05) is 28.6 Å². The highest BCUT2D eigenvalue weighted by atomic mass is 35.5. The number of aliphatic carboxylic acids is 1. The predicted octanol–water partition coefficient (Wildman–Crippen LogP) is 5.21. The van der Waals surface area contributed by atoms with Gasteiger partial charge in [-0.05, 0) is 49.7 Å². The van der Waals surface area contributed by atoms with Gasteiger partial charge in [0.2, 0.25) is 0 Å². The van der Waals surface area contributed by atoms with Gasteiger partial charge in [0.15, 0.2) is 14.7 Å². The average molecular weight is 514 g/mol. The standard InChI is InChI=1S/C22H21Cl2NO5S2/c1-13(2)25(20(26)17-9-6-15(23)12-18(17)24)22(21(27)28)11-10-19(31-22)14-4-7-16(8-5-14)32(3,29)30/h4-10,12-13H,11H2,1-3H3,(H,27,28). The van der Waals surface area contributed by atoms with Crippen molar-refractivity contribution in [1.29, 1.82) is 0 Å². The fourth-order valence-electron chi connectivity index (χ4n) is 3.53. The number of carbonyl (C=O) groups is 2. The van der Waals surface area contributed by atoms with Crippen molar-refractivity contribution < 1.29 is 23.1 Å². The molecule has 0 fully saturated rings. The van der Waals surface area contributed by atoms with E-state index in [4.69, 9.17) is 23.2 Å². The Balaban J connectivity index is 1.99. The van der Waals surface area contributed by atoms with E-state index in [2.05, 4.69) is 0 Å². The SMILES string of the molecule is CC(C)N(C(=O)c1ccc(Cl)cc1Cl)C1(C(=O)O)CC=C(c2ccc(S(C)(=O)=O)cc2)S1. The van der Waals surface area contributed by atoms with E-state index in [0.717, 1.165) is 18.0 Å². The van der Waals surface area contributed by atoms with Gasteiger partial charge in [0.05, 0.1) is 15.5 Å². The monoisotopic (exact) mass is 513 g/mol. The topological polar surface area (TPSA) is 91.8 Å². The second-order valence-corrected chi connectivity index (χ2v) is 11.8. The summed E-state index contributed by atoms with van der Waals surface area (Å²) < 4.78 is 23.4. The van der Waals surface area contributed by atoms with Gasteiger partial charge in [-0.25, -0.2) is 13.2 Å². The zero-order valence-electron chi connectivity index (χ0n) is 17.5. The van der Waals surface area contributed by atoms with Crippen LogP contribution in [-0.4, -0.2) is 47.5 Å². The van der Waals surface area contributed by atoms with Gasteiger partial charge < -0.3 is 10.0 Å². The fourth-order valence-corrected chi connectivity index (χ4v) is 6.08. The first-order valence-corrected chi connectivity index (χ1v) is 13.0. The number of carboxylic acid groups (broad SMARTS) is 1. The van der Waals surface area contributed by atoms with Crippen LogP contribution in [0, 0.1) is 0 Å². The zero-order chi connectivity index (χ0) is 23.8. The molecule has 32 heavy (non-hydrogen) atoms. The van der Waals surface area contributed by atoms with Crippen LogP contribution in [0.2, 0.25) is 10.0 Å². The number of amides is 1. The highest BCUT2D eigenvalue weighted by Gasteiger charge is 2.52. The van der Waals surface area contributed by atoms with Gasteiger partial charge in [-0.15, -0.1) is 0 Å². The average Bonchev–Trinajstić information content (AvgIpc) is 3.13. The molecule has 170 valence electrons. The number of hydrogen-bond acceptors (Lipinski definition) is 5. The Morgan fingerprint density at radius 2 is 1.75 bits per heavy atom.